The first kappa shape index (κ1) is 27.3. The lowest BCUT2D eigenvalue weighted by atomic mass is 10.1. The Morgan fingerprint density at radius 1 is 1.03 bits per heavy atom. The Kier molecular flexibility index (Phi) is 11.1. The van der Waals surface area contributed by atoms with Crippen LogP contribution in [-0.4, -0.2) is 45.7 Å². The van der Waals surface area contributed by atoms with Gasteiger partial charge in [0.05, 0.1) is 19.3 Å². The standard InChI is InChI=1S/C21H25F3N4O3.HI/c1-4-31-18-13-16(9-10-17(18)30-3)28-20(25-2)27-12-11-26-19(29)14-5-7-15(8-6-14)21(22,23)24;/h5-10,13H,4,11-12H2,1-3H3,(H,26,29)(H2,25,27,28);1H. The molecule has 0 spiro atoms. The zero-order chi connectivity index (χ0) is 22.9. The summed E-state index contributed by atoms with van der Waals surface area (Å²) in [5, 5.41) is 8.78. The van der Waals surface area contributed by atoms with Gasteiger partial charge in [-0.2, -0.15) is 13.2 Å². The smallest absolute Gasteiger partial charge is 0.416 e. The number of alkyl halides is 3. The Morgan fingerprint density at radius 2 is 1.69 bits per heavy atom. The molecule has 0 heterocycles. The molecule has 0 fully saturated rings. The Bertz CT molecular complexity index is 906. The fraction of sp³-hybridized carbons (Fsp3) is 0.333. The summed E-state index contributed by atoms with van der Waals surface area (Å²) in [5.41, 5.74) is 0.0787. The molecule has 0 radical (unpaired) electrons. The predicted molar refractivity (Wildman–Crippen MR) is 128 cm³/mol. The topological polar surface area (TPSA) is 84.0 Å². The Labute approximate surface area is 201 Å². The number of guanidine groups is 1. The van der Waals surface area contributed by atoms with Gasteiger partial charge in [0.15, 0.2) is 17.5 Å². The number of rotatable bonds is 8. The maximum Gasteiger partial charge on any atom is 0.416 e. The number of aliphatic imine (C=N–C) groups is 1. The van der Waals surface area contributed by atoms with Crippen LogP contribution in [-0.2, 0) is 6.18 Å². The van der Waals surface area contributed by atoms with Crippen molar-refractivity contribution in [3.63, 3.8) is 0 Å². The summed E-state index contributed by atoms with van der Waals surface area (Å²) in [7, 11) is 3.16. The lowest BCUT2D eigenvalue weighted by Gasteiger charge is -2.15. The highest BCUT2D eigenvalue weighted by molar-refractivity contribution is 14.0. The molecule has 0 bridgehead atoms. The maximum atomic E-state index is 12.6. The van der Waals surface area contributed by atoms with Crippen molar-refractivity contribution in [1.82, 2.24) is 10.6 Å². The number of carbonyl (C=O) groups is 1. The van der Waals surface area contributed by atoms with Gasteiger partial charge in [0, 0.05) is 37.5 Å². The first-order chi connectivity index (χ1) is 14.8. The number of methoxy groups -OCH3 is 1. The van der Waals surface area contributed by atoms with Crippen LogP contribution in [0.4, 0.5) is 18.9 Å². The number of halogens is 4. The predicted octanol–water partition coefficient (Wildman–Crippen LogP) is 4.15. The van der Waals surface area contributed by atoms with E-state index < -0.39 is 17.6 Å². The first-order valence-electron chi connectivity index (χ1n) is 9.52. The van der Waals surface area contributed by atoms with Gasteiger partial charge in [-0.05, 0) is 43.3 Å². The van der Waals surface area contributed by atoms with Crippen LogP contribution in [0.5, 0.6) is 11.5 Å². The quantitative estimate of drug-likeness (QED) is 0.194. The number of benzene rings is 2. The van der Waals surface area contributed by atoms with Crippen LogP contribution in [0, 0.1) is 0 Å². The molecule has 3 N–H and O–H groups in total. The number of anilines is 1. The van der Waals surface area contributed by atoms with Gasteiger partial charge < -0.3 is 25.4 Å². The second-order valence-electron chi connectivity index (χ2n) is 6.25. The molecular weight excluding hydrogens is 540 g/mol. The van der Waals surface area contributed by atoms with Crippen LogP contribution in [0.1, 0.15) is 22.8 Å². The van der Waals surface area contributed by atoms with Crippen molar-refractivity contribution in [3.8, 4) is 11.5 Å². The molecule has 0 aliphatic heterocycles. The number of nitrogens with one attached hydrogen (secondary N) is 3. The number of carbonyl (C=O) groups excluding carboxylic acids is 1. The average molecular weight is 566 g/mol. The molecule has 1 amide bonds. The molecule has 2 rings (SSSR count). The molecule has 7 nitrogen and oxygen atoms in total. The van der Waals surface area contributed by atoms with Gasteiger partial charge in [-0.15, -0.1) is 24.0 Å². The fourth-order valence-corrected chi connectivity index (χ4v) is 2.61. The summed E-state index contributed by atoms with van der Waals surface area (Å²) >= 11 is 0. The summed E-state index contributed by atoms with van der Waals surface area (Å²) in [6.07, 6.45) is -4.44. The average Bonchev–Trinajstić information content (AvgIpc) is 2.75. The minimum Gasteiger partial charge on any atom is -0.493 e. The van der Waals surface area contributed by atoms with Crippen LogP contribution < -0.4 is 25.4 Å². The van der Waals surface area contributed by atoms with Crippen LogP contribution >= 0.6 is 24.0 Å². The molecule has 0 saturated carbocycles. The number of hydrogen-bond donors (Lipinski definition) is 3. The number of hydrogen-bond acceptors (Lipinski definition) is 4. The highest BCUT2D eigenvalue weighted by Gasteiger charge is 2.30. The molecule has 0 unspecified atom stereocenters. The van der Waals surface area contributed by atoms with E-state index in [1.165, 1.54) is 0 Å². The van der Waals surface area contributed by atoms with E-state index in [9.17, 15) is 18.0 Å². The van der Waals surface area contributed by atoms with Crippen molar-refractivity contribution in [2.75, 3.05) is 39.2 Å². The number of amides is 1. The van der Waals surface area contributed by atoms with Crippen LogP contribution in [0.2, 0.25) is 0 Å². The maximum absolute atomic E-state index is 12.6. The molecule has 0 aliphatic rings. The molecule has 0 aromatic heterocycles. The number of nitrogens with zero attached hydrogens (tertiary/aromatic N) is 1. The van der Waals surface area contributed by atoms with E-state index in [2.05, 4.69) is 20.9 Å². The summed E-state index contributed by atoms with van der Waals surface area (Å²) in [6.45, 7) is 2.96. The van der Waals surface area contributed by atoms with E-state index in [1.54, 1.807) is 32.4 Å². The van der Waals surface area contributed by atoms with Crippen molar-refractivity contribution in [2.45, 2.75) is 13.1 Å². The summed E-state index contributed by atoms with van der Waals surface area (Å²) in [5.74, 6) is 1.21. The largest absolute Gasteiger partial charge is 0.493 e. The number of ether oxygens (including phenoxy) is 2. The highest BCUT2D eigenvalue weighted by atomic mass is 127. The monoisotopic (exact) mass is 566 g/mol. The summed E-state index contributed by atoms with van der Waals surface area (Å²) < 4.78 is 48.6. The zero-order valence-corrected chi connectivity index (χ0v) is 20.2. The highest BCUT2D eigenvalue weighted by Crippen LogP contribution is 2.30. The third-order valence-corrected chi connectivity index (χ3v) is 4.13. The Morgan fingerprint density at radius 3 is 2.25 bits per heavy atom. The van der Waals surface area contributed by atoms with Gasteiger partial charge in [0.2, 0.25) is 0 Å². The molecular formula is C21H26F3IN4O3. The third kappa shape index (κ3) is 8.09. The van der Waals surface area contributed by atoms with Crippen LogP contribution in [0.25, 0.3) is 0 Å². The minimum atomic E-state index is -4.44. The van der Waals surface area contributed by atoms with Gasteiger partial charge >= 0.3 is 6.18 Å². The molecule has 2 aromatic rings. The molecule has 2 aromatic carbocycles. The van der Waals surface area contributed by atoms with E-state index >= 15 is 0 Å². The molecule has 0 atom stereocenters. The molecule has 32 heavy (non-hydrogen) atoms. The van der Waals surface area contributed by atoms with Crippen LogP contribution in [0.3, 0.4) is 0 Å². The lowest BCUT2D eigenvalue weighted by molar-refractivity contribution is -0.137. The molecule has 0 aliphatic carbocycles. The minimum absolute atomic E-state index is 0. The Balaban J connectivity index is 0.00000512. The van der Waals surface area contributed by atoms with Crippen molar-refractivity contribution in [3.05, 3.63) is 53.6 Å². The SMILES string of the molecule is CCOc1cc(NC(=NC)NCCNC(=O)c2ccc(C(F)(F)F)cc2)ccc1OC.I. The summed E-state index contributed by atoms with van der Waals surface area (Å²) in [4.78, 5) is 16.2. The van der Waals surface area contributed by atoms with E-state index in [0.717, 1.165) is 30.0 Å². The van der Waals surface area contributed by atoms with E-state index in [-0.39, 0.29) is 36.1 Å². The lowest BCUT2D eigenvalue weighted by Crippen LogP contribution is -2.37. The molecule has 0 saturated heterocycles. The van der Waals surface area contributed by atoms with Gasteiger partial charge in [-0.1, -0.05) is 0 Å². The zero-order valence-electron chi connectivity index (χ0n) is 17.9. The van der Waals surface area contributed by atoms with Gasteiger partial charge in [0.25, 0.3) is 5.91 Å². The van der Waals surface area contributed by atoms with Crippen molar-refractivity contribution < 1.29 is 27.4 Å². The molecule has 176 valence electrons. The van der Waals surface area contributed by atoms with Crippen molar-refractivity contribution in [1.29, 1.82) is 0 Å². The van der Waals surface area contributed by atoms with Gasteiger partial charge in [0.1, 0.15) is 0 Å². The Hall–Kier alpha value is -2.70. The van der Waals surface area contributed by atoms with Gasteiger partial charge in [-0.3, -0.25) is 9.79 Å². The fourth-order valence-electron chi connectivity index (χ4n) is 2.61. The second kappa shape index (κ2) is 13.0. The van der Waals surface area contributed by atoms with E-state index in [4.69, 9.17) is 9.47 Å². The second-order valence-corrected chi connectivity index (χ2v) is 6.25. The third-order valence-electron chi connectivity index (χ3n) is 4.13. The van der Waals surface area contributed by atoms with Gasteiger partial charge in [-0.25, -0.2) is 0 Å². The van der Waals surface area contributed by atoms with Crippen molar-refractivity contribution >= 4 is 41.5 Å². The van der Waals surface area contributed by atoms with Crippen LogP contribution in [0.15, 0.2) is 47.5 Å². The van der Waals surface area contributed by atoms with E-state index in [1.807, 2.05) is 6.92 Å². The molecule has 11 heteroatoms. The normalized spacial score (nSPS) is 11.2. The first-order valence-corrected chi connectivity index (χ1v) is 9.52. The van der Waals surface area contributed by atoms with Crippen molar-refractivity contribution in [2.24, 2.45) is 4.99 Å². The van der Waals surface area contributed by atoms with E-state index in [0.29, 0.717) is 30.6 Å². The summed E-state index contributed by atoms with van der Waals surface area (Å²) in [6, 6.07) is 9.40.